The van der Waals surface area contributed by atoms with Gasteiger partial charge in [-0.25, -0.2) is 4.39 Å². The molecule has 0 bridgehead atoms. The summed E-state index contributed by atoms with van der Waals surface area (Å²) in [6.07, 6.45) is 1.38. The highest BCUT2D eigenvalue weighted by Crippen LogP contribution is 2.22. The van der Waals surface area contributed by atoms with Gasteiger partial charge >= 0.3 is 0 Å². The zero-order valence-corrected chi connectivity index (χ0v) is 11.6. The van der Waals surface area contributed by atoms with E-state index in [-0.39, 0.29) is 18.5 Å². The molecule has 1 aromatic heterocycles. The molecule has 0 saturated heterocycles. The smallest absolute Gasteiger partial charge is 0.223 e. The van der Waals surface area contributed by atoms with E-state index in [1.165, 1.54) is 12.1 Å². The molecule has 0 aliphatic rings. The monoisotopic (exact) mass is 279 g/mol. The van der Waals surface area contributed by atoms with Gasteiger partial charge in [0, 0.05) is 13.0 Å². The van der Waals surface area contributed by atoms with Gasteiger partial charge in [-0.2, -0.15) is 4.98 Å². The molecule has 20 heavy (non-hydrogen) atoms. The zero-order chi connectivity index (χ0) is 14.5. The molecule has 0 saturated carbocycles. The van der Waals surface area contributed by atoms with Gasteiger partial charge in [-0.1, -0.05) is 12.1 Å². The van der Waals surface area contributed by atoms with Gasteiger partial charge in [-0.3, -0.25) is 0 Å². The minimum Gasteiger partial charge on any atom is -0.485 e. The molecule has 0 aliphatic heterocycles. The molecule has 5 nitrogen and oxygen atoms in total. The standard InChI is InChI=1S/C14H18FN3O2/c1-3-12(16)7-10-6-11(15)4-5-13(10)19-8-14-17-9(2)20-18-14/h4-6,12H,3,7-8,16H2,1-2H3. The number of benzene rings is 1. The molecule has 6 heteroatoms. The van der Waals surface area contributed by atoms with Gasteiger partial charge in [-0.05, 0) is 36.6 Å². The van der Waals surface area contributed by atoms with Crippen LogP contribution in [0.15, 0.2) is 22.7 Å². The molecule has 2 rings (SSSR count). The predicted molar refractivity (Wildman–Crippen MR) is 71.7 cm³/mol. The van der Waals surface area contributed by atoms with E-state index in [9.17, 15) is 4.39 Å². The van der Waals surface area contributed by atoms with Gasteiger partial charge in [0.25, 0.3) is 0 Å². The average Bonchev–Trinajstić information content (AvgIpc) is 2.83. The molecule has 0 aliphatic carbocycles. The molecule has 2 aromatic rings. The number of nitrogens with zero attached hydrogens (tertiary/aromatic N) is 2. The highest BCUT2D eigenvalue weighted by Gasteiger charge is 2.11. The fourth-order valence-corrected chi connectivity index (χ4v) is 1.82. The van der Waals surface area contributed by atoms with E-state index in [0.29, 0.717) is 23.9 Å². The summed E-state index contributed by atoms with van der Waals surface area (Å²) in [5, 5.41) is 3.75. The number of halogens is 1. The topological polar surface area (TPSA) is 74.2 Å². The van der Waals surface area contributed by atoms with Gasteiger partial charge < -0.3 is 15.0 Å². The molecule has 0 spiro atoms. The molecule has 2 N–H and O–H groups in total. The minimum atomic E-state index is -0.300. The lowest BCUT2D eigenvalue weighted by atomic mass is 10.0. The second-order valence-electron chi connectivity index (χ2n) is 4.64. The van der Waals surface area contributed by atoms with Gasteiger partial charge in [-0.15, -0.1) is 0 Å². The van der Waals surface area contributed by atoms with Gasteiger partial charge in [0.1, 0.15) is 11.6 Å². The highest BCUT2D eigenvalue weighted by atomic mass is 19.1. The SMILES string of the molecule is CCC(N)Cc1cc(F)ccc1OCc1noc(C)n1. The van der Waals surface area contributed by atoms with E-state index in [1.54, 1.807) is 13.0 Å². The van der Waals surface area contributed by atoms with Crippen LogP contribution in [0.3, 0.4) is 0 Å². The summed E-state index contributed by atoms with van der Waals surface area (Å²) in [7, 11) is 0. The lowest BCUT2D eigenvalue weighted by molar-refractivity contribution is 0.282. The zero-order valence-electron chi connectivity index (χ0n) is 11.6. The maximum Gasteiger partial charge on any atom is 0.223 e. The van der Waals surface area contributed by atoms with E-state index >= 15 is 0 Å². The van der Waals surface area contributed by atoms with Crippen molar-refractivity contribution < 1.29 is 13.7 Å². The number of aryl methyl sites for hydroxylation is 1. The van der Waals surface area contributed by atoms with Crippen molar-refractivity contribution in [2.45, 2.75) is 39.3 Å². The molecule has 0 radical (unpaired) electrons. The Morgan fingerprint density at radius 1 is 1.45 bits per heavy atom. The summed E-state index contributed by atoms with van der Waals surface area (Å²) in [5.41, 5.74) is 6.67. The first kappa shape index (κ1) is 14.5. The number of rotatable bonds is 6. The Balaban J connectivity index is 2.09. The Kier molecular flexibility index (Phi) is 4.68. The number of hydrogen-bond donors (Lipinski definition) is 1. The van der Waals surface area contributed by atoms with Crippen molar-refractivity contribution in [3.8, 4) is 5.75 Å². The van der Waals surface area contributed by atoms with Gasteiger partial charge in [0.05, 0.1) is 0 Å². The van der Waals surface area contributed by atoms with Crippen LogP contribution in [0, 0.1) is 12.7 Å². The summed E-state index contributed by atoms with van der Waals surface area (Å²) < 4.78 is 23.8. The summed E-state index contributed by atoms with van der Waals surface area (Å²) in [5.74, 6) is 1.23. The summed E-state index contributed by atoms with van der Waals surface area (Å²) in [4.78, 5) is 4.05. The van der Waals surface area contributed by atoms with E-state index in [2.05, 4.69) is 10.1 Å². The summed E-state index contributed by atoms with van der Waals surface area (Å²) in [6, 6.07) is 4.39. The Bertz CT molecular complexity index is 571. The number of ether oxygens (including phenoxy) is 1. The molecule has 0 amide bonds. The molecule has 1 atom stereocenters. The summed E-state index contributed by atoms with van der Waals surface area (Å²) in [6.45, 7) is 3.88. The normalized spacial score (nSPS) is 12.4. The first-order valence-electron chi connectivity index (χ1n) is 6.54. The number of aromatic nitrogens is 2. The Labute approximate surface area is 116 Å². The van der Waals surface area contributed by atoms with E-state index in [4.69, 9.17) is 15.0 Å². The van der Waals surface area contributed by atoms with Crippen molar-refractivity contribution in [2.75, 3.05) is 0 Å². The quantitative estimate of drug-likeness (QED) is 0.878. The lowest BCUT2D eigenvalue weighted by Gasteiger charge is -2.13. The molecule has 1 aromatic carbocycles. The van der Waals surface area contributed by atoms with Crippen LogP contribution in [0.2, 0.25) is 0 Å². The largest absolute Gasteiger partial charge is 0.485 e. The molecule has 0 fully saturated rings. The lowest BCUT2D eigenvalue weighted by Crippen LogP contribution is -2.21. The first-order chi connectivity index (χ1) is 9.58. The minimum absolute atomic E-state index is 0.0217. The van der Waals surface area contributed by atoms with Crippen molar-refractivity contribution in [2.24, 2.45) is 5.73 Å². The molecule has 1 unspecified atom stereocenters. The average molecular weight is 279 g/mol. The van der Waals surface area contributed by atoms with Crippen LogP contribution in [0.25, 0.3) is 0 Å². The Hall–Kier alpha value is -1.95. The second kappa shape index (κ2) is 6.47. The van der Waals surface area contributed by atoms with Crippen molar-refractivity contribution in [1.29, 1.82) is 0 Å². The van der Waals surface area contributed by atoms with Crippen LogP contribution in [-0.4, -0.2) is 16.2 Å². The van der Waals surface area contributed by atoms with Crippen LogP contribution in [0.4, 0.5) is 4.39 Å². The van der Waals surface area contributed by atoms with E-state index < -0.39 is 0 Å². The van der Waals surface area contributed by atoms with E-state index in [0.717, 1.165) is 12.0 Å². The third kappa shape index (κ3) is 3.77. The van der Waals surface area contributed by atoms with Crippen molar-refractivity contribution in [3.05, 3.63) is 41.3 Å². The fourth-order valence-electron chi connectivity index (χ4n) is 1.82. The first-order valence-corrected chi connectivity index (χ1v) is 6.54. The fraction of sp³-hybridized carbons (Fsp3) is 0.429. The summed E-state index contributed by atoms with van der Waals surface area (Å²) >= 11 is 0. The molecule has 1 heterocycles. The van der Waals surface area contributed by atoms with Crippen molar-refractivity contribution in [3.63, 3.8) is 0 Å². The van der Waals surface area contributed by atoms with E-state index in [1.807, 2.05) is 6.92 Å². The van der Waals surface area contributed by atoms with Gasteiger partial charge in [0.2, 0.25) is 11.7 Å². The Morgan fingerprint density at radius 3 is 2.90 bits per heavy atom. The number of nitrogens with two attached hydrogens (primary N) is 1. The third-order valence-electron chi connectivity index (χ3n) is 2.96. The van der Waals surface area contributed by atoms with Crippen LogP contribution >= 0.6 is 0 Å². The van der Waals surface area contributed by atoms with Crippen LogP contribution in [-0.2, 0) is 13.0 Å². The molecular formula is C14H18FN3O2. The van der Waals surface area contributed by atoms with Crippen LogP contribution < -0.4 is 10.5 Å². The second-order valence-corrected chi connectivity index (χ2v) is 4.64. The third-order valence-corrected chi connectivity index (χ3v) is 2.96. The van der Waals surface area contributed by atoms with Gasteiger partial charge in [0.15, 0.2) is 6.61 Å². The maximum atomic E-state index is 13.3. The molecular weight excluding hydrogens is 261 g/mol. The van der Waals surface area contributed by atoms with Crippen molar-refractivity contribution in [1.82, 2.24) is 10.1 Å². The maximum absolute atomic E-state index is 13.3. The Morgan fingerprint density at radius 2 is 2.25 bits per heavy atom. The van der Waals surface area contributed by atoms with Crippen LogP contribution in [0.1, 0.15) is 30.6 Å². The highest BCUT2D eigenvalue weighted by molar-refractivity contribution is 5.34. The number of hydrogen-bond acceptors (Lipinski definition) is 5. The van der Waals surface area contributed by atoms with Crippen molar-refractivity contribution >= 4 is 0 Å². The molecule has 108 valence electrons. The predicted octanol–water partition coefficient (Wildman–Crippen LogP) is 2.38. The van der Waals surface area contributed by atoms with Crippen LogP contribution in [0.5, 0.6) is 5.75 Å².